The molecule has 0 unspecified atom stereocenters. The van der Waals surface area contributed by atoms with Crippen LogP contribution in [0.4, 0.5) is 5.69 Å². The number of nitrogens with one attached hydrogen (secondary N) is 2. The monoisotopic (exact) mass is 365 g/mol. The largest absolute Gasteiger partial charge is 0.350 e. The zero-order valence-electron chi connectivity index (χ0n) is 12.0. The fraction of sp³-hybridized carbons (Fsp3) is 0. The molecule has 2 aromatic heterocycles. The van der Waals surface area contributed by atoms with Crippen LogP contribution in [0.2, 0.25) is 0 Å². The second-order valence-electron chi connectivity index (χ2n) is 5.29. The summed E-state index contributed by atoms with van der Waals surface area (Å²) >= 11 is 3.43. The zero-order valence-corrected chi connectivity index (χ0v) is 13.6. The summed E-state index contributed by atoms with van der Waals surface area (Å²) in [7, 11) is 0. The van der Waals surface area contributed by atoms with Gasteiger partial charge in [0.25, 0.3) is 5.91 Å². The van der Waals surface area contributed by atoms with Crippen molar-refractivity contribution in [2.45, 2.75) is 0 Å². The lowest BCUT2D eigenvalue weighted by Gasteiger charge is -2.04. The molecule has 0 bridgehead atoms. The van der Waals surface area contributed by atoms with Gasteiger partial charge in [0.05, 0.1) is 17.4 Å². The van der Waals surface area contributed by atoms with Crippen LogP contribution in [0, 0.1) is 0 Å². The molecule has 112 valence electrons. The number of pyridine rings is 1. The van der Waals surface area contributed by atoms with Crippen LogP contribution in [-0.2, 0) is 0 Å². The van der Waals surface area contributed by atoms with Gasteiger partial charge in [-0.25, -0.2) is 0 Å². The number of rotatable bonds is 2. The Morgan fingerprint density at radius 2 is 1.91 bits per heavy atom. The first-order chi connectivity index (χ1) is 11.2. The maximum absolute atomic E-state index is 12.4. The van der Waals surface area contributed by atoms with Gasteiger partial charge < -0.3 is 10.3 Å². The Hall–Kier alpha value is -2.66. The molecule has 0 radical (unpaired) electrons. The van der Waals surface area contributed by atoms with E-state index in [2.05, 4.69) is 31.2 Å². The number of halogens is 1. The molecule has 23 heavy (non-hydrogen) atoms. The van der Waals surface area contributed by atoms with Crippen LogP contribution in [0.3, 0.4) is 0 Å². The fourth-order valence-corrected chi connectivity index (χ4v) is 2.92. The van der Waals surface area contributed by atoms with Crippen LogP contribution in [0.1, 0.15) is 10.5 Å². The first-order valence-corrected chi connectivity index (χ1v) is 7.93. The van der Waals surface area contributed by atoms with Gasteiger partial charge in [-0.1, -0.05) is 40.2 Å². The third-order valence-corrected chi connectivity index (χ3v) is 4.17. The van der Waals surface area contributed by atoms with E-state index in [9.17, 15) is 4.79 Å². The summed E-state index contributed by atoms with van der Waals surface area (Å²) in [5.74, 6) is -0.186. The number of aromatic nitrogens is 2. The summed E-state index contributed by atoms with van der Waals surface area (Å²) in [6.07, 6.45) is 1.67. The van der Waals surface area contributed by atoms with Gasteiger partial charge in [-0.2, -0.15) is 0 Å². The fourth-order valence-electron chi connectivity index (χ4n) is 2.56. The number of aromatic amines is 1. The zero-order chi connectivity index (χ0) is 15.8. The Bertz CT molecular complexity index is 1040. The highest BCUT2D eigenvalue weighted by Crippen LogP contribution is 2.21. The number of fused-ring (bicyclic) bond motifs is 2. The number of carbonyl (C=O) groups excluding carboxylic acids is 1. The van der Waals surface area contributed by atoms with E-state index in [-0.39, 0.29) is 5.91 Å². The Kier molecular flexibility index (Phi) is 3.35. The minimum absolute atomic E-state index is 0.186. The molecule has 2 N–H and O–H groups in total. The maximum Gasteiger partial charge on any atom is 0.272 e. The summed E-state index contributed by atoms with van der Waals surface area (Å²) in [5.41, 5.74) is 3.02. The van der Waals surface area contributed by atoms with Gasteiger partial charge in [0.15, 0.2) is 0 Å². The lowest BCUT2D eigenvalue weighted by molar-refractivity contribution is 0.102. The van der Waals surface area contributed by atoms with Crippen molar-refractivity contribution in [3.8, 4) is 0 Å². The molecule has 0 spiro atoms. The summed E-state index contributed by atoms with van der Waals surface area (Å²) < 4.78 is 0.970. The van der Waals surface area contributed by atoms with Crippen molar-refractivity contribution in [2.75, 3.05) is 5.32 Å². The molecule has 2 heterocycles. The lowest BCUT2D eigenvalue weighted by atomic mass is 10.2. The van der Waals surface area contributed by atoms with E-state index in [0.29, 0.717) is 11.4 Å². The van der Waals surface area contributed by atoms with Gasteiger partial charge in [0, 0.05) is 20.8 Å². The van der Waals surface area contributed by atoms with Gasteiger partial charge in [-0.15, -0.1) is 0 Å². The van der Waals surface area contributed by atoms with E-state index in [0.717, 1.165) is 26.3 Å². The second kappa shape index (κ2) is 5.52. The van der Waals surface area contributed by atoms with Crippen LogP contribution in [0.25, 0.3) is 21.8 Å². The van der Waals surface area contributed by atoms with Gasteiger partial charge in [0.2, 0.25) is 0 Å². The molecule has 1 amide bonds. The summed E-state index contributed by atoms with van der Waals surface area (Å²) in [5, 5.41) is 4.87. The summed E-state index contributed by atoms with van der Waals surface area (Å²) in [6.45, 7) is 0. The summed E-state index contributed by atoms with van der Waals surface area (Å²) in [6, 6.07) is 17.4. The summed E-state index contributed by atoms with van der Waals surface area (Å²) in [4.78, 5) is 19.9. The van der Waals surface area contributed by atoms with Gasteiger partial charge >= 0.3 is 0 Å². The highest BCUT2D eigenvalue weighted by molar-refractivity contribution is 9.10. The molecule has 0 saturated heterocycles. The highest BCUT2D eigenvalue weighted by atomic mass is 79.9. The number of H-pyrrole nitrogens is 1. The van der Waals surface area contributed by atoms with Gasteiger partial charge in [-0.3, -0.25) is 9.78 Å². The van der Waals surface area contributed by atoms with E-state index in [1.165, 1.54) is 0 Å². The Balaban J connectivity index is 1.64. The average Bonchev–Trinajstić information content (AvgIpc) is 2.98. The number of hydrogen-bond donors (Lipinski definition) is 2. The number of benzene rings is 2. The molecule has 4 rings (SSSR count). The van der Waals surface area contributed by atoms with Crippen molar-refractivity contribution in [3.63, 3.8) is 0 Å². The molecule has 0 aliphatic heterocycles. The third-order valence-electron chi connectivity index (χ3n) is 3.68. The number of carbonyl (C=O) groups is 1. The van der Waals surface area contributed by atoms with Crippen LogP contribution in [-0.4, -0.2) is 15.9 Å². The predicted octanol–water partition coefficient (Wildman–Crippen LogP) is 4.73. The molecular formula is C18H12BrN3O. The van der Waals surface area contributed by atoms with Crippen molar-refractivity contribution in [2.24, 2.45) is 0 Å². The Morgan fingerprint density at radius 3 is 2.83 bits per heavy atom. The highest BCUT2D eigenvalue weighted by Gasteiger charge is 2.10. The SMILES string of the molecule is O=C(Nc1cnc2ccccc2c1)c1cc2ccc(Br)cc2[nH]1. The number of hydrogen-bond acceptors (Lipinski definition) is 2. The van der Waals surface area contributed by atoms with E-state index >= 15 is 0 Å². The van der Waals surface area contributed by atoms with Crippen molar-refractivity contribution in [1.29, 1.82) is 0 Å². The van der Waals surface area contributed by atoms with Gasteiger partial charge in [0.1, 0.15) is 5.69 Å². The van der Waals surface area contributed by atoms with E-state index in [1.807, 2.05) is 54.6 Å². The number of para-hydroxylation sites is 1. The molecule has 2 aromatic carbocycles. The van der Waals surface area contributed by atoms with Crippen molar-refractivity contribution in [1.82, 2.24) is 9.97 Å². The Labute approximate surface area is 140 Å². The second-order valence-corrected chi connectivity index (χ2v) is 6.20. The van der Waals surface area contributed by atoms with Crippen LogP contribution >= 0.6 is 15.9 Å². The van der Waals surface area contributed by atoms with E-state index < -0.39 is 0 Å². The van der Waals surface area contributed by atoms with Crippen LogP contribution in [0.5, 0.6) is 0 Å². The molecule has 0 aliphatic rings. The molecule has 0 atom stereocenters. The van der Waals surface area contributed by atoms with Crippen molar-refractivity contribution >= 4 is 49.3 Å². The van der Waals surface area contributed by atoms with E-state index in [4.69, 9.17) is 0 Å². The predicted molar refractivity (Wildman–Crippen MR) is 95.7 cm³/mol. The van der Waals surface area contributed by atoms with Crippen molar-refractivity contribution in [3.05, 3.63) is 71.0 Å². The molecule has 5 heteroatoms. The van der Waals surface area contributed by atoms with Crippen molar-refractivity contribution < 1.29 is 4.79 Å². The first-order valence-electron chi connectivity index (χ1n) is 7.13. The van der Waals surface area contributed by atoms with E-state index in [1.54, 1.807) is 6.20 Å². The van der Waals surface area contributed by atoms with Gasteiger partial charge in [-0.05, 0) is 30.3 Å². The normalized spacial score (nSPS) is 11.0. The number of nitrogens with zero attached hydrogens (tertiary/aromatic N) is 1. The minimum Gasteiger partial charge on any atom is -0.350 e. The molecular weight excluding hydrogens is 354 g/mol. The third kappa shape index (κ3) is 2.71. The smallest absolute Gasteiger partial charge is 0.272 e. The topological polar surface area (TPSA) is 57.8 Å². The molecule has 0 fully saturated rings. The Morgan fingerprint density at radius 1 is 1.04 bits per heavy atom. The lowest BCUT2D eigenvalue weighted by Crippen LogP contribution is -2.12. The van der Waals surface area contributed by atoms with Crippen LogP contribution in [0.15, 0.2) is 65.3 Å². The maximum atomic E-state index is 12.4. The molecule has 4 aromatic rings. The molecule has 0 aliphatic carbocycles. The number of amides is 1. The number of anilines is 1. The quantitative estimate of drug-likeness (QED) is 0.539. The minimum atomic E-state index is -0.186. The average molecular weight is 366 g/mol. The molecule has 0 saturated carbocycles. The standard InChI is InChI=1S/C18H12BrN3O/c19-13-6-5-12-8-17(22-16(12)9-13)18(23)21-14-7-11-3-1-2-4-15(11)20-10-14/h1-10,22H,(H,21,23). The first kappa shape index (κ1) is 14.0. The van der Waals surface area contributed by atoms with Crippen LogP contribution < -0.4 is 5.32 Å². The molecule has 4 nitrogen and oxygen atoms in total.